The van der Waals surface area contributed by atoms with Crippen molar-refractivity contribution >= 4 is 34.8 Å². The van der Waals surface area contributed by atoms with Gasteiger partial charge in [-0.2, -0.15) is 0 Å². The highest BCUT2D eigenvalue weighted by molar-refractivity contribution is 6.37. The number of benzene rings is 2. The van der Waals surface area contributed by atoms with Crippen LogP contribution in [0.15, 0.2) is 42.5 Å². The quantitative estimate of drug-likeness (QED) is 0.831. The SMILES string of the molecule is O=C(Nc1ccc(C#CCO)cc1)c1ccc(Cl)cc1Cl. The molecule has 0 heterocycles. The van der Waals surface area contributed by atoms with Crippen molar-refractivity contribution in [2.24, 2.45) is 0 Å². The van der Waals surface area contributed by atoms with Gasteiger partial charge in [0.2, 0.25) is 0 Å². The monoisotopic (exact) mass is 319 g/mol. The third-order valence-corrected chi connectivity index (χ3v) is 3.18. The Morgan fingerprint density at radius 3 is 2.48 bits per heavy atom. The number of halogens is 2. The van der Waals surface area contributed by atoms with Crippen LogP contribution in [-0.4, -0.2) is 17.6 Å². The van der Waals surface area contributed by atoms with Crippen LogP contribution in [0.3, 0.4) is 0 Å². The zero-order valence-electron chi connectivity index (χ0n) is 10.9. The van der Waals surface area contributed by atoms with E-state index in [0.717, 1.165) is 5.56 Å². The molecule has 0 aliphatic rings. The van der Waals surface area contributed by atoms with Gasteiger partial charge in [0.25, 0.3) is 5.91 Å². The van der Waals surface area contributed by atoms with Crippen molar-refractivity contribution in [1.82, 2.24) is 0 Å². The molecule has 1 amide bonds. The predicted octanol–water partition coefficient (Wildman–Crippen LogP) is 3.59. The molecule has 0 unspecified atom stereocenters. The second kappa shape index (κ2) is 7.14. The largest absolute Gasteiger partial charge is 0.384 e. The molecule has 0 bridgehead atoms. The maximum atomic E-state index is 12.1. The molecule has 0 aromatic heterocycles. The van der Waals surface area contributed by atoms with Gasteiger partial charge in [0, 0.05) is 16.3 Å². The molecule has 0 saturated heterocycles. The van der Waals surface area contributed by atoms with Gasteiger partial charge in [-0.15, -0.1) is 0 Å². The summed E-state index contributed by atoms with van der Waals surface area (Å²) in [5.74, 6) is 5.01. The van der Waals surface area contributed by atoms with E-state index in [1.165, 1.54) is 6.07 Å². The molecule has 5 heteroatoms. The number of nitrogens with one attached hydrogen (secondary N) is 1. The van der Waals surface area contributed by atoms with E-state index in [-0.39, 0.29) is 12.5 Å². The summed E-state index contributed by atoms with van der Waals surface area (Å²) in [5, 5.41) is 12.1. The van der Waals surface area contributed by atoms with E-state index in [9.17, 15) is 4.79 Å². The highest BCUT2D eigenvalue weighted by Crippen LogP contribution is 2.22. The number of amides is 1. The van der Waals surface area contributed by atoms with Gasteiger partial charge in [-0.25, -0.2) is 0 Å². The molecular weight excluding hydrogens is 309 g/mol. The van der Waals surface area contributed by atoms with Gasteiger partial charge in [0.15, 0.2) is 0 Å². The van der Waals surface area contributed by atoms with E-state index in [4.69, 9.17) is 28.3 Å². The van der Waals surface area contributed by atoms with Crippen molar-refractivity contribution in [3.05, 3.63) is 63.6 Å². The second-order valence-electron chi connectivity index (χ2n) is 4.12. The molecule has 0 radical (unpaired) electrons. The summed E-state index contributed by atoms with van der Waals surface area (Å²) in [6.45, 7) is -0.187. The van der Waals surface area contributed by atoms with Crippen LogP contribution in [0.2, 0.25) is 10.0 Å². The molecule has 2 N–H and O–H groups in total. The highest BCUT2D eigenvalue weighted by atomic mass is 35.5. The van der Waals surface area contributed by atoms with Crippen molar-refractivity contribution in [1.29, 1.82) is 0 Å². The molecule has 2 aromatic rings. The van der Waals surface area contributed by atoms with Crippen LogP contribution >= 0.6 is 23.2 Å². The smallest absolute Gasteiger partial charge is 0.257 e. The second-order valence-corrected chi connectivity index (χ2v) is 4.96. The molecule has 106 valence electrons. The molecule has 2 aromatic carbocycles. The fraction of sp³-hybridized carbons (Fsp3) is 0.0625. The molecule has 0 spiro atoms. The van der Waals surface area contributed by atoms with Gasteiger partial charge in [-0.1, -0.05) is 35.0 Å². The zero-order valence-corrected chi connectivity index (χ0v) is 12.4. The van der Waals surface area contributed by atoms with E-state index in [1.54, 1.807) is 36.4 Å². The Labute approximate surface area is 132 Å². The van der Waals surface area contributed by atoms with Gasteiger partial charge in [0.05, 0.1) is 10.6 Å². The number of carbonyl (C=O) groups is 1. The molecule has 0 fully saturated rings. The first-order valence-electron chi connectivity index (χ1n) is 6.06. The normalized spacial score (nSPS) is 9.67. The van der Waals surface area contributed by atoms with Gasteiger partial charge in [-0.3, -0.25) is 4.79 Å². The summed E-state index contributed by atoms with van der Waals surface area (Å²) in [5.41, 5.74) is 1.73. The molecule has 0 atom stereocenters. The number of aliphatic hydroxyl groups excluding tert-OH is 1. The predicted molar refractivity (Wildman–Crippen MR) is 84.8 cm³/mol. The fourth-order valence-corrected chi connectivity index (χ4v) is 2.14. The van der Waals surface area contributed by atoms with Crippen LogP contribution < -0.4 is 5.32 Å². The van der Waals surface area contributed by atoms with Crippen LogP contribution in [0.4, 0.5) is 5.69 Å². The van der Waals surface area contributed by atoms with Crippen LogP contribution in [0.5, 0.6) is 0 Å². The number of anilines is 1. The minimum Gasteiger partial charge on any atom is -0.384 e. The number of aliphatic hydroxyl groups is 1. The fourth-order valence-electron chi connectivity index (χ4n) is 1.65. The van der Waals surface area contributed by atoms with Crippen molar-refractivity contribution in [3.8, 4) is 11.8 Å². The van der Waals surface area contributed by atoms with Gasteiger partial charge in [0.1, 0.15) is 6.61 Å². The van der Waals surface area contributed by atoms with E-state index in [2.05, 4.69) is 17.2 Å². The van der Waals surface area contributed by atoms with E-state index >= 15 is 0 Å². The molecular formula is C16H11Cl2NO2. The first-order valence-corrected chi connectivity index (χ1v) is 6.82. The summed E-state index contributed by atoms with van der Waals surface area (Å²) >= 11 is 11.8. The maximum absolute atomic E-state index is 12.1. The number of hydrogen-bond acceptors (Lipinski definition) is 2. The topological polar surface area (TPSA) is 49.3 Å². The Morgan fingerprint density at radius 1 is 1.14 bits per heavy atom. The number of carbonyl (C=O) groups excluding carboxylic acids is 1. The maximum Gasteiger partial charge on any atom is 0.257 e. The lowest BCUT2D eigenvalue weighted by molar-refractivity contribution is 0.102. The minimum atomic E-state index is -0.314. The van der Waals surface area contributed by atoms with Crippen LogP contribution in [-0.2, 0) is 0 Å². The Hall–Kier alpha value is -1.99. The van der Waals surface area contributed by atoms with Crippen molar-refractivity contribution < 1.29 is 9.90 Å². The van der Waals surface area contributed by atoms with Crippen LogP contribution in [0.1, 0.15) is 15.9 Å². The third-order valence-electron chi connectivity index (χ3n) is 2.63. The van der Waals surface area contributed by atoms with Gasteiger partial charge >= 0.3 is 0 Å². The lowest BCUT2D eigenvalue weighted by Crippen LogP contribution is -2.12. The van der Waals surface area contributed by atoms with Crippen molar-refractivity contribution in [2.75, 3.05) is 11.9 Å². The lowest BCUT2D eigenvalue weighted by atomic mass is 10.2. The van der Waals surface area contributed by atoms with Crippen LogP contribution in [0, 0.1) is 11.8 Å². The molecule has 0 aliphatic heterocycles. The van der Waals surface area contributed by atoms with Crippen LogP contribution in [0.25, 0.3) is 0 Å². The lowest BCUT2D eigenvalue weighted by Gasteiger charge is -2.07. The summed E-state index contributed by atoms with van der Waals surface area (Å²) in [4.78, 5) is 12.1. The number of rotatable bonds is 2. The minimum absolute atomic E-state index is 0.187. The third kappa shape index (κ3) is 4.24. The Balaban J connectivity index is 2.12. The average Bonchev–Trinajstić information content (AvgIpc) is 2.46. The van der Waals surface area contributed by atoms with E-state index < -0.39 is 0 Å². The molecule has 0 aliphatic carbocycles. The highest BCUT2D eigenvalue weighted by Gasteiger charge is 2.10. The summed E-state index contributed by atoms with van der Waals surface area (Å²) in [6.07, 6.45) is 0. The molecule has 21 heavy (non-hydrogen) atoms. The average molecular weight is 320 g/mol. The summed E-state index contributed by atoms with van der Waals surface area (Å²) < 4.78 is 0. The van der Waals surface area contributed by atoms with Gasteiger partial charge < -0.3 is 10.4 Å². The summed E-state index contributed by atoms with van der Waals surface area (Å²) in [7, 11) is 0. The Kier molecular flexibility index (Phi) is 5.24. The van der Waals surface area contributed by atoms with Crippen molar-refractivity contribution in [2.45, 2.75) is 0 Å². The standard InChI is InChI=1S/C16H11Cl2NO2/c17-12-5-8-14(15(18)10-12)16(21)19-13-6-3-11(4-7-13)2-1-9-20/h3-8,10,20H,9H2,(H,19,21). The molecule has 3 nitrogen and oxygen atoms in total. The van der Waals surface area contributed by atoms with E-state index in [1.807, 2.05) is 0 Å². The zero-order chi connectivity index (χ0) is 15.2. The van der Waals surface area contributed by atoms with Gasteiger partial charge in [-0.05, 0) is 42.5 Å². The first-order chi connectivity index (χ1) is 10.1. The Bertz CT molecular complexity index is 715. The molecule has 2 rings (SSSR count). The summed E-state index contributed by atoms with van der Waals surface area (Å²) in [6, 6.07) is 11.7. The number of hydrogen-bond donors (Lipinski definition) is 2. The van der Waals surface area contributed by atoms with Crippen molar-refractivity contribution in [3.63, 3.8) is 0 Å². The van der Waals surface area contributed by atoms with E-state index in [0.29, 0.717) is 21.3 Å². The first kappa shape index (κ1) is 15.4. The molecule has 0 saturated carbocycles. The Morgan fingerprint density at radius 2 is 1.86 bits per heavy atom.